The molecular weight excluding hydrogens is 318 g/mol. The van der Waals surface area contributed by atoms with Crippen molar-refractivity contribution in [1.29, 1.82) is 0 Å². The van der Waals surface area contributed by atoms with Gasteiger partial charge in [0.2, 0.25) is 0 Å². The third-order valence-corrected chi connectivity index (χ3v) is 4.03. The number of ether oxygens (including phenoxy) is 3. The number of carbonyl (C=O) groups is 1. The summed E-state index contributed by atoms with van der Waals surface area (Å²) < 4.78 is 15.9. The summed E-state index contributed by atoms with van der Waals surface area (Å²) in [5, 5.41) is 0. The maximum absolute atomic E-state index is 11.6. The normalized spacial score (nSPS) is 11.2. The summed E-state index contributed by atoms with van der Waals surface area (Å²) in [5.74, 6) is -0.103. The highest BCUT2D eigenvalue weighted by Gasteiger charge is 2.02. The van der Waals surface area contributed by atoms with Crippen LogP contribution < -0.4 is 0 Å². The van der Waals surface area contributed by atoms with Crippen molar-refractivity contribution in [1.82, 2.24) is 4.90 Å². The van der Waals surface area contributed by atoms with E-state index < -0.39 is 0 Å². The molecule has 0 heterocycles. The first-order chi connectivity index (χ1) is 12.2. The molecule has 0 aromatic carbocycles. The molecule has 0 atom stereocenters. The van der Waals surface area contributed by atoms with E-state index in [4.69, 9.17) is 14.2 Å². The summed E-state index contributed by atoms with van der Waals surface area (Å²) in [5.41, 5.74) is 0. The van der Waals surface area contributed by atoms with Crippen molar-refractivity contribution >= 4 is 5.97 Å². The summed E-state index contributed by atoms with van der Waals surface area (Å²) in [6, 6.07) is 0. The highest BCUT2D eigenvalue weighted by Crippen LogP contribution is 2.10. The number of hydrogen-bond donors (Lipinski definition) is 0. The largest absolute Gasteiger partial charge is 0.463 e. The lowest BCUT2D eigenvalue weighted by molar-refractivity contribution is -0.145. The SMILES string of the molecule is CCCCCCCCCCCC(=O)OCCOCCOCCN(C)C. The van der Waals surface area contributed by atoms with Gasteiger partial charge < -0.3 is 19.1 Å². The van der Waals surface area contributed by atoms with Crippen molar-refractivity contribution in [3.8, 4) is 0 Å². The smallest absolute Gasteiger partial charge is 0.305 e. The Hall–Kier alpha value is -0.650. The topological polar surface area (TPSA) is 48.0 Å². The Morgan fingerprint density at radius 3 is 1.84 bits per heavy atom. The first-order valence-electron chi connectivity index (χ1n) is 10.1. The second kappa shape index (κ2) is 19.7. The summed E-state index contributed by atoms with van der Waals surface area (Å²) in [6.07, 6.45) is 11.8. The van der Waals surface area contributed by atoms with Crippen LogP contribution in [0.4, 0.5) is 0 Å². The number of likely N-dealkylation sites (N-methyl/N-ethyl adjacent to an activating group) is 1. The minimum Gasteiger partial charge on any atom is -0.463 e. The van der Waals surface area contributed by atoms with Gasteiger partial charge in [0, 0.05) is 13.0 Å². The van der Waals surface area contributed by atoms with Gasteiger partial charge in [0.15, 0.2) is 0 Å². The van der Waals surface area contributed by atoms with Gasteiger partial charge in [-0.2, -0.15) is 0 Å². The lowest BCUT2D eigenvalue weighted by atomic mass is 10.1. The number of rotatable bonds is 19. The van der Waals surface area contributed by atoms with Crippen molar-refractivity contribution < 1.29 is 19.0 Å². The molecule has 5 heteroatoms. The molecular formula is C20H41NO4. The Balaban J connectivity index is 3.16. The van der Waals surface area contributed by atoms with E-state index >= 15 is 0 Å². The summed E-state index contributed by atoms with van der Waals surface area (Å²) >= 11 is 0. The van der Waals surface area contributed by atoms with Crippen molar-refractivity contribution in [3.63, 3.8) is 0 Å². The molecule has 0 spiro atoms. The zero-order chi connectivity index (χ0) is 18.6. The predicted octanol–water partition coefficient (Wildman–Crippen LogP) is 4.05. The van der Waals surface area contributed by atoms with E-state index in [0.29, 0.717) is 39.5 Å². The summed E-state index contributed by atoms with van der Waals surface area (Å²) in [4.78, 5) is 13.7. The Morgan fingerprint density at radius 1 is 0.720 bits per heavy atom. The fourth-order valence-corrected chi connectivity index (χ4v) is 2.44. The number of esters is 1. The molecule has 0 bridgehead atoms. The molecule has 0 unspecified atom stereocenters. The van der Waals surface area contributed by atoms with Gasteiger partial charge in [-0.05, 0) is 20.5 Å². The van der Waals surface area contributed by atoms with E-state index in [1.54, 1.807) is 0 Å². The van der Waals surface area contributed by atoms with Gasteiger partial charge in [0.1, 0.15) is 6.61 Å². The maximum Gasteiger partial charge on any atom is 0.305 e. The lowest BCUT2D eigenvalue weighted by Crippen LogP contribution is -2.19. The molecule has 0 aromatic heterocycles. The Morgan fingerprint density at radius 2 is 1.24 bits per heavy atom. The number of hydrogen-bond acceptors (Lipinski definition) is 5. The minimum absolute atomic E-state index is 0.103. The molecule has 0 aliphatic heterocycles. The van der Waals surface area contributed by atoms with Crippen LogP contribution in [-0.2, 0) is 19.0 Å². The first kappa shape index (κ1) is 24.4. The van der Waals surface area contributed by atoms with Crippen LogP contribution in [0, 0.1) is 0 Å². The van der Waals surface area contributed by atoms with Gasteiger partial charge >= 0.3 is 5.97 Å². The van der Waals surface area contributed by atoms with Gasteiger partial charge in [-0.15, -0.1) is 0 Å². The van der Waals surface area contributed by atoms with Gasteiger partial charge in [-0.3, -0.25) is 4.79 Å². The Labute approximate surface area is 155 Å². The van der Waals surface area contributed by atoms with E-state index in [-0.39, 0.29) is 5.97 Å². The van der Waals surface area contributed by atoms with Crippen LogP contribution >= 0.6 is 0 Å². The molecule has 0 aliphatic rings. The second-order valence-electron chi connectivity index (χ2n) is 6.83. The van der Waals surface area contributed by atoms with Gasteiger partial charge in [0.25, 0.3) is 0 Å². The molecule has 0 rings (SSSR count). The van der Waals surface area contributed by atoms with Crippen molar-refractivity contribution in [3.05, 3.63) is 0 Å². The molecule has 0 saturated heterocycles. The van der Waals surface area contributed by atoms with Crippen LogP contribution in [0.25, 0.3) is 0 Å². The quantitative estimate of drug-likeness (QED) is 0.257. The molecule has 0 radical (unpaired) electrons. The van der Waals surface area contributed by atoms with E-state index in [1.807, 2.05) is 14.1 Å². The molecule has 25 heavy (non-hydrogen) atoms. The summed E-state index contributed by atoms with van der Waals surface area (Å²) in [7, 11) is 4.03. The predicted molar refractivity (Wildman–Crippen MR) is 103 cm³/mol. The molecule has 0 N–H and O–H groups in total. The van der Waals surface area contributed by atoms with Crippen LogP contribution in [0.1, 0.15) is 71.1 Å². The molecule has 5 nitrogen and oxygen atoms in total. The van der Waals surface area contributed by atoms with Crippen LogP contribution in [0.5, 0.6) is 0 Å². The fraction of sp³-hybridized carbons (Fsp3) is 0.950. The van der Waals surface area contributed by atoms with E-state index in [1.165, 1.54) is 44.9 Å². The van der Waals surface area contributed by atoms with E-state index in [0.717, 1.165) is 19.4 Å². The highest BCUT2D eigenvalue weighted by molar-refractivity contribution is 5.69. The van der Waals surface area contributed by atoms with Crippen LogP contribution in [0.2, 0.25) is 0 Å². The molecule has 0 amide bonds. The highest BCUT2D eigenvalue weighted by atomic mass is 16.6. The van der Waals surface area contributed by atoms with Crippen molar-refractivity contribution in [2.45, 2.75) is 71.1 Å². The average Bonchev–Trinajstić information content (AvgIpc) is 2.58. The third kappa shape index (κ3) is 21.3. The van der Waals surface area contributed by atoms with Gasteiger partial charge in [-0.25, -0.2) is 0 Å². The second-order valence-corrected chi connectivity index (χ2v) is 6.83. The van der Waals surface area contributed by atoms with E-state index in [2.05, 4.69) is 11.8 Å². The standard InChI is InChI=1S/C20H41NO4/c1-4-5-6-7-8-9-10-11-12-13-20(22)25-19-18-24-17-16-23-15-14-21(2)3/h4-19H2,1-3H3. The first-order valence-corrected chi connectivity index (χ1v) is 10.1. The monoisotopic (exact) mass is 359 g/mol. The van der Waals surface area contributed by atoms with Crippen LogP contribution in [0.15, 0.2) is 0 Å². The molecule has 0 saturated carbocycles. The van der Waals surface area contributed by atoms with Crippen molar-refractivity contribution in [2.75, 3.05) is 53.7 Å². The molecule has 0 aromatic rings. The zero-order valence-electron chi connectivity index (χ0n) is 16.9. The number of nitrogens with zero attached hydrogens (tertiary/aromatic N) is 1. The molecule has 150 valence electrons. The molecule has 0 aliphatic carbocycles. The fourth-order valence-electron chi connectivity index (χ4n) is 2.44. The van der Waals surface area contributed by atoms with Crippen LogP contribution in [-0.4, -0.2) is 64.5 Å². The minimum atomic E-state index is -0.103. The van der Waals surface area contributed by atoms with Gasteiger partial charge in [0.05, 0.1) is 26.4 Å². The van der Waals surface area contributed by atoms with Crippen LogP contribution in [0.3, 0.4) is 0 Å². The van der Waals surface area contributed by atoms with Crippen molar-refractivity contribution in [2.24, 2.45) is 0 Å². The maximum atomic E-state index is 11.6. The summed E-state index contributed by atoms with van der Waals surface area (Å²) in [6.45, 7) is 5.78. The average molecular weight is 360 g/mol. The zero-order valence-corrected chi connectivity index (χ0v) is 16.9. The Kier molecular flexibility index (Phi) is 19.2. The number of carbonyl (C=O) groups excluding carboxylic acids is 1. The number of unbranched alkanes of at least 4 members (excludes halogenated alkanes) is 8. The lowest BCUT2D eigenvalue weighted by Gasteiger charge is -2.10. The molecule has 0 fully saturated rings. The Bertz CT molecular complexity index is 285. The third-order valence-electron chi connectivity index (χ3n) is 4.03. The van der Waals surface area contributed by atoms with Gasteiger partial charge in [-0.1, -0.05) is 58.3 Å². The van der Waals surface area contributed by atoms with E-state index in [9.17, 15) is 4.79 Å².